The average molecular weight is 200 g/mol. The Labute approximate surface area is 83.8 Å². The van der Waals surface area contributed by atoms with Gasteiger partial charge in [0.25, 0.3) is 0 Å². The second kappa shape index (κ2) is 7.96. The highest BCUT2D eigenvalue weighted by Gasteiger charge is 2.10. The molecule has 0 saturated carbocycles. The Kier molecular flexibility index (Phi) is 7.56. The summed E-state index contributed by atoms with van der Waals surface area (Å²) in [5, 5.41) is 2.73. The second-order valence-electron chi connectivity index (χ2n) is 2.65. The third-order valence-corrected chi connectivity index (χ3v) is 2.20. The maximum absolute atomic E-state index is 11.2. The van der Waals surface area contributed by atoms with Crippen molar-refractivity contribution in [3.05, 3.63) is 0 Å². The van der Waals surface area contributed by atoms with Crippen molar-refractivity contribution in [2.24, 2.45) is 5.73 Å². The van der Waals surface area contributed by atoms with Crippen LogP contribution in [0.15, 0.2) is 0 Å². The van der Waals surface area contributed by atoms with E-state index >= 15 is 0 Å². The highest BCUT2D eigenvalue weighted by Crippen LogP contribution is 1.93. The van der Waals surface area contributed by atoms with E-state index in [9.17, 15) is 4.79 Å². The SMILES string of the molecule is C#CCC(N)C(=O)NCCCSC. The Morgan fingerprint density at radius 1 is 1.77 bits per heavy atom. The molecule has 0 aromatic heterocycles. The van der Waals surface area contributed by atoms with E-state index < -0.39 is 6.04 Å². The summed E-state index contributed by atoms with van der Waals surface area (Å²) in [6.45, 7) is 0.679. The Morgan fingerprint density at radius 3 is 3.00 bits per heavy atom. The normalized spacial score (nSPS) is 11.8. The zero-order chi connectivity index (χ0) is 10.1. The monoisotopic (exact) mass is 200 g/mol. The molecule has 13 heavy (non-hydrogen) atoms. The molecule has 1 atom stereocenters. The fourth-order valence-corrected chi connectivity index (χ4v) is 1.21. The summed E-state index contributed by atoms with van der Waals surface area (Å²) < 4.78 is 0. The maximum Gasteiger partial charge on any atom is 0.237 e. The van der Waals surface area contributed by atoms with Crippen LogP contribution in [0.1, 0.15) is 12.8 Å². The van der Waals surface area contributed by atoms with Gasteiger partial charge in [0.15, 0.2) is 0 Å². The lowest BCUT2D eigenvalue weighted by molar-refractivity contribution is -0.122. The van der Waals surface area contributed by atoms with Gasteiger partial charge < -0.3 is 11.1 Å². The van der Waals surface area contributed by atoms with Crippen molar-refractivity contribution in [1.29, 1.82) is 0 Å². The topological polar surface area (TPSA) is 55.1 Å². The van der Waals surface area contributed by atoms with Crippen molar-refractivity contribution in [3.63, 3.8) is 0 Å². The summed E-state index contributed by atoms with van der Waals surface area (Å²) in [4.78, 5) is 11.2. The van der Waals surface area contributed by atoms with E-state index in [1.165, 1.54) is 0 Å². The van der Waals surface area contributed by atoms with E-state index in [1.54, 1.807) is 11.8 Å². The Bertz CT molecular complexity index is 189. The molecule has 0 aliphatic carbocycles. The number of amides is 1. The highest BCUT2D eigenvalue weighted by atomic mass is 32.2. The molecule has 1 unspecified atom stereocenters. The van der Waals surface area contributed by atoms with Crippen LogP contribution in [0.5, 0.6) is 0 Å². The smallest absolute Gasteiger partial charge is 0.237 e. The predicted molar refractivity (Wildman–Crippen MR) is 57.4 cm³/mol. The minimum atomic E-state index is -0.556. The molecule has 4 heteroatoms. The standard InChI is InChI=1S/C9H16N2OS/c1-3-5-8(10)9(12)11-6-4-7-13-2/h1,8H,4-7,10H2,2H3,(H,11,12). The van der Waals surface area contributed by atoms with Gasteiger partial charge in [0.1, 0.15) is 0 Å². The zero-order valence-electron chi connectivity index (χ0n) is 7.88. The van der Waals surface area contributed by atoms with Crippen LogP contribution in [0.3, 0.4) is 0 Å². The van der Waals surface area contributed by atoms with E-state index in [-0.39, 0.29) is 5.91 Å². The van der Waals surface area contributed by atoms with Crippen LogP contribution in [0.4, 0.5) is 0 Å². The molecule has 3 N–H and O–H groups in total. The lowest BCUT2D eigenvalue weighted by Gasteiger charge is -2.08. The van der Waals surface area contributed by atoms with Crippen LogP contribution >= 0.6 is 11.8 Å². The summed E-state index contributed by atoms with van der Waals surface area (Å²) in [5.41, 5.74) is 5.48. The van der Waals surface area contributed by atoms with Gasteiger partial charge in [-0.25, -0.2) is 0 Å². The van der Waals surface area contributed by atoms with Crippen molar-refractivity contribution < 1.29 is 4.79 Å². The lowest BCUT2D eigenvalue weighted by Crippen LogP contribution is -2.40. The average Bonchev–Trinajstić information content (AvgIpc) is 2.12. The van der Waals surface area contributed by atoms with Crippen LogP contribution in [0, 0.1) is 12.3 Å². The molecular formula is C9H16N2OS. The van der Waals surface area contributed by atoms with Gasteiger partial charge in [0.05, 0.1) is 6.04 Å². The van der Waals surface area contributed by atoms with Gasteiger partial charge in [0, 0.05) is 13.0 Å². The van der Waals surface area contributed by atoms with Crippen LogP contribution in [-0.2, 0) is 4.79 Å². The number of hydrogen-bond acceptors (Lipinski definition) is 3. The van der Waals surface area contributed by atoms with Crippen LogP contribution in [0.25, 0.3) is 0 Å². The van der Waals surface area contributed by atoms with Gasteiger partial charge in [-0.3, -0.25) is 4.79 Å². The number of nitrogens with two attached hydrogens (primary N) is 1. The number of terminal acetylenes is 1. The Hall–Kier alpha value is -0.660. The summed E-state index contributed by atoms with van der Waals surface area (Å²) in [7, 11) is 0. The molecule has 0 heterocycles. The molecule has 1 amide bonds. The quantitative estimate of drug-likeness (QED) is 0.476. The van der Waals surface area contributed by atoms with Crippen LogP contribution in [0.2, 0.25) is 0 Å². The number of rotatable bonds is 6. The first-order valence-corrected chi connectivity index (χ1v) is 5.57. The maximum atomic E-state index is 11.2. The molecule has 0 spiro atoms. The van der Waals surface area contributed by atoms with Crippen molar-refractivity contribution >= 4 is 17.7 Å². The summed E-state index contributed by atoms with van der Waals surface area (Å²) >= 11 is 1.76. The minimum Gasteiger partial charge on any atom is -0.355 e. The Morgan fingerprint density at radius 2 is 2.46 bits per heavy atom. The van der Waals surface area contributed by atoms with Crippen molar-refractivity contribution in [3.8, 4) is 12.3 Å². The van der Waals surface area contributed by atoms with E-state index in [0.717, 1.165) is 12.2 Å². The van der Waals surface area contributed by atoms with Gasteiger partial charge in [-0.05, 0) is 18.4 Å². The summed E-state index contributed by atoms with van der Waals surface area (Å²) in [6, 6.07) is -0.556. The molecule has 0 fully saturated rings. The van der Waals surface area contributed by atoms with Gasteiger partial charge in [0.2, 0.25) is 5.91 Å². The molecule has 0 saturated heterocycles. The van der Waals surface area contributed by atoms with Crippen LogP contribution < -0.4 is 11.1 Å². The highest BCUT2D eigenvalue weighted by molar-refractivity contribution is 7.98. The van der Waals surface area contributed by atoms with Crippen molar-refractivity contribution in [1.82, 2.24) is 5.32 Å². The molecule has 0 aromatic rings. The van der Waals surface area contributed by atoms with Gasteiger partial charge >= 0.3 is 0 Å². The van der Waals surface area contributed by atoms with Crippen molar-refractivity contribution in [2.75, 3.05) is 18.6 Å². The third kappa shape index (κ3) is 6.50. The largest absolute Gasteiger partial charge is 0.355 e. The lowest BCUT2D eigenvalue weighted by atomic mass is 10.2. The molecule has 0 bridgehead atoms. The van der Waals surface area contributed by atoms with Gasteiger partial charge in [-0.2, -0.15) is 11.8 Å². The Balaban J connectivity index is 3.45. The first-order valence-electron chi connectivity index (χ1n) is 4.18. The second-order valence-corrected chi connectivity index (χ2v) is 3.64. The summed E-state index contributed by atoms with van der Waals surface area (Å²) in [6.07, 6.45) is 8.33. The van der Waals surface area contributed by atoms with Crippen LogP contribution in [-0.4, -0.2) is 30.5 Å². The van der Waals surface area contributed by atoms with E-state index in [0.29, 0.717) is 13.0 Å². The molecule has 0 aliphatic rings. The van der Waals surface area contributed by atoms with Gasteiger partial charge in [-0.1, -0.05) is 0 Å². The number of carbonyl (C=O) groups excluding carboxylic acids is 1. The first-order chi connectivity index (χ1) is 6.22. The molecule has 0 rings (SSSR count). The molecule has 0 radical (unpaired) electrons. The molecule has 0 aromatic carbocycles. The third-order valence-electron chi connectivity index (χ3n) is 1.50. The van der Waals surface area contributed by atoms with E-state index in [1.807, 2.05) is 6.26 Å². The van der Waals surface area contributed by atoms with Crippen molar-refractivity contribution in [2.45, 2.75) is 18.9 Å². The number of nitrogens with one attached hydrogen (secondary N) is 1. The number of hydrogen-bond donors (Lipinski definition) is 2. The molecule has 3 nitrogen and oxygen atoms in total. The van der Waals surface area contributed by atoms with Gasteiger partial charge in [-0.15, -0.1) is 12.3 Å². The van der Waals surface area contributed by atoms with E-state index in [2.05, 4.69) is 11.2 Å². The van der Waals surface area contributed by atoms with E-state index in [4.69, 9.17) is 12.2 Å². The summed E-state index contributed by atoms with van der Waals surface area (Å²) in [5.74, 6) is 3.25. The number of carbonyl (C=O) groups is 1. The molecule has 0 aliphatic heterocycles. The molecule has 74 valence electrons. The predicted octanol–water partition coefficient (Wildman–Crippen LogP) is 0.206. The fraction of sp³-hybridized carbons (Fsp3) is 0.667. The fourth-order valence-electron chi connectivity index (χ4n) is 0.779. The number of thioether (sulfide) groups is 1. The zero-order valence-corrected chi connectivity index (χ0v) is 8.69. The minimum absolute atomic E-state index is 0.154. The molecular weight excluding hydrogens is 184 g/mol. The first kappa shape index (κ1) is 12.3.